The summed E-state index contributed by atoms with van der Waals surface area (Å²) in [4.78, 5) is 0.419. The normalized spacial score (nSPS) is 15.6. The van der Waals surface area contributed by atoms with Crippen molar-refractivity contribution in [3.63, 3.8) is 0 Å². The highest BCUT2D eigenvalue weighted by molar-refractivity contribution is 7.91. The Labute approximate surface area is 268 Å². The molecule has 1 unspecified atom stereocenters. The monoisotopic (exact) mass is 626 g/mol. The first-order chi connectivity index (χ1) is 21.6. The summed E-state index contributed by atoms with van der Waals surface area (Å²) in [5.74, 6) is 1.07. The van der Waals surface area contributed by atoms with E-state index in [1.165, 1.54) is 77.0 Å². The minimum absolute atomic E-state index is 0.0470. The lowest BCUT2D eigenvalue weighted by atomic mass is 10.0. The van der Waals surface area contributed by atoms with Crippen molar-refractivity contribution in [2.75, 3.05) is 25.6 Å². The molecular weight excluding hydrogens is 568 g/mol. The summed E-state index contributed by atoms with van der Waals surface area (Å²) < 4.78 is 42.8. The molecule has 0 spiro atoms. The van der Waals surface area contributed by atoms with Gasteiger partial charge in [0.1, 0.15) is 5.75 Å². The molecule has 2 aromatic carbocycles. The van der Waals surface area contributed by atoms with Crippen LogP contribution in [0.1, 0.15) is 134 Å². The van der Waals surface area contributed by atoms with Crippen LogP contribution in [0, 0.1) is 0 Å². The van der Waals surface area contributed by atoms with Crippen LogP contribution in [0.15, 0.2) is 53.4 Å². The van der Waals surface area contributed by atoms with Crippen molar-refractivity contribution in [2.24, 2.45) is 0 Å². The van der Waals surface area contributed by atoms with Gasteiger partial charge in [0.2, 0.25) is 0 Å². The molecule has 0 radical (unpaired) electrons. The van der Waals surface area contributed by atoms with Gasteiger partial charge in [-0.3, -0.25) is 0 Å². The molecule has 44 heavy (non-hydrogen) atoms. The maximum atomic E-state index is 12.8. The summed E-state index contributed by atoms with van der Waals surface area (Å²) in [6, 6.07) is 15.2. The average molecular weight is 627 g/mol. The van der Waals surface area contributed by atoms with Crippen LogP contribution in [-0.2, 0) is 19.3 Å². The van der Waals surface area contributed by atoms with Crippen molar-refractivity contribution < 1.29 is 22.6 Å². The Hall–Kier alpha value is -2.15. The standard InChI is InChI=1S/C38H58O5S/c1-2-3-4-5-6-7-8-9-10-11-12-13-14-17-33-44(39,40)37-28-24-35(25-29-37)21-20-34-22-26-36(27-23-34)41-31-18-32-43-38-19-15-16-30-42-38/h20-29,38H,2-19,30-33H2,1H3. The number of hydrogen-bond donors (Lipinski definition) is 0. The Kier molecular flexibility index (Phi) is 18.5. The van der Waals surface area contributed by atoms with Crippen LogP contribution in [0.2, 0.25) is 0 Å². The van der Waals surface area contributed by atoms with Gasteiger partial charge in [0, 0.05) is 13.0 Å². The molecule has 0 saturated carbocycles. The Bertz CT molecular complexity index is 1120. The number of benzene rings is 2. The van der Waals surface area contributed by atoms with Crippen LogP contribution in [0.5, 0.6) is 5.75 Å². The lowest BCUT2D eigenvalue weighted by Crippen LogP contribution is -2.23. The SMILES string of the molecule is CCCCCCCCCCCCCCCCS(=O)(=O)c1ccc(C=Cc2ccc(OCCCOC3CCCCO3)cc2)cc1. The van der Waals surface area contributed by atoms with Crippen molar-refractivity contribution in [3.05, 3.63) is 59.7 Å². The summed E-state index contributed by atoms with van der Waals surface area (Å²) in [5.41, 5.74) is 2.03. The maximum absolute atomic E-state index is 12.8. The summed E-state index contributed by atoms with van der Waals surface area (Å²) in [7, 11) is -3.23. The van der Waals surface area contributed by atoms with Crippen LogP contribution in [0.25, 0.3) is 12.2 Å². The Balaban J connectivity index is 1.24. The Morgan fingerprint density at radius 2 is 1.23 bits per heavy atom. The van der Waals surface area contributed by atoms with E-state index in [1.54, 1.807) is 12.1 Å². The van der Waals surface area contributed by atoms with Gasteiger partial charge in [0.15, 0.2) is 16.1 Å². The summed E-state index contributed by atoms with van der Waals surface area (Å²) in [5, 5.41) is 0. The first-order valence-corrected chi connectivity index (χ1v) is 19.2. The minimum Gasteiger partial charge on any atom is -0.494 e. The molecule has 0 aromatic heterocycles. The van der Waals surface area contributed by atoms with Gasteiger partial charge in [-0.15, -0.1) is 0 Å². The van der Waals surface area contributed by atoms with E-state index in [0.29, 0.717) is 18.1 Å². The first-order valence-electron chi connectivity index (χ1n) is 17.5. The molecule has 1 aliphatic rings. The number of ether oxygens (including phenoxy) is 3. The fraction of sp³-hybridized carbons (Fsp3) is 0.632. The third kappa shape index (κ3) is 15.7. The number of unbranched alkanes of at least 4 members (excludes halogenated alkanes) is 13. The number of hydrogen-bond acceptors (Lipinski definition) is 5. The zero-order valence-electron chi connectivity index (χ0n) is 27.4. The molecule has 2 aromatic rings. The van der Waals surface area contributed by atoms with Crippen LogP contribution in [0.3, 0.4) is 0 Å². The van der Waals surface area contributed by atoms with E-state index in [0.717, 1.165) is 62.0 Å². The zero-order chi connectivity index (χ0) is 31.1. The second kappa shape index (κ2) is 22.4. The predicted molar refractivity (Wildman–Crippen MR) is 184 cm³/mol. The fourth-order valence-corrected chi connectivity index (χ4v) is 6.94. The lowest BCUT2D eigenvalue weighted by Gasteiger charge is -2.22. The zero-order valence-corrected chi connectivity index (χ0v) is 28.2. The van der Waals surface area contributed by atoms with Crippen molar-refractivity contribution >= 4 is 22.0 Å². The van der Waals surface area contributed by atoms with Gasteiger partial charge in [0.05, 0.1) is 23.9 Å². The Morgan fingerprint density at radius 3 is 1.77 bits per heavy atom. The summed E-state index contributed by atoms with van der Waals surface area (Å²) in [6.45, 7) is 4.32. The highest BCUT2D eigenvalue weighted by atomic mass is 32.2. The van der Waals surface area contributed by atoms with Gasteiger partial charge in [0.25, 0.3) is 0 Å². The molecule has 0 amide bonds. The molecule has 1 heterocycles. The van der Waals surface area contributed by atoms with Gasteiger partial charge in [-0.25, -0.2) is 8.42 Å². The first kappa shape index (κ1) is 36.3. The lowest BCUT2D eigenvalue weighted by molar-refractivity contribution is -0.163. The molecule has 1 atom stereocenters. The van der Waals surface area contributed by atoms with Crippen LogP contribution in [0.4, 0.5) is 0 Å². The molecule has 1 aliphatic heterocycles. The second-order valence-corrected chi connectivity index (χ2v) is 14.4. The molecule has 0 bridgehead atoms. The highest BCUT2D eigenvalue weighted by Gasteiger charge is 2.14. The van der Waals surface area contributed by atoms with Crippen molar-refractivity contribution in [1.29, 1.82) is 0 Å². The summed E-state index contributed by atoms with van der Waals surface area (Å²) >= 11 is 0. The molecule has 5 nitrogen and oxygen atoms in total. The van der Waals surface area contributed by atoms with Crippen LogP contribution < -0.4 is 4.74 Å². The second-order valence-electron chi connectivity index (χ2n) is 12.3. The molecule has 1 saturated heterocycles. The van der Waals surface area contributed by atoms with Gasteiger partial charge >= 0.3 is 0 Å². The predicted octanol–water partition coefficient (Wildman–Crippen LogP) is 10.4. The molecular formula is C38H58O5S. The quantitative estimate of drug-likeness (QED) is 0.0857. The van der Waals surface area contributed by atoms with Crippen LogP contribution in [-0.4, -0.2) is 40.3 Å². The third-order valence-corrected chi connectivity index (χ3v) is 10.2. The largest absolute Gasteiger partial charge is 0.494 e. The van der Waals surface area contributed by atoms with E-state index in [9.17, 15) is 8.42 Å². The number of rotatable bonds is 24. The molecule has 0 aliphatic carbocycles. The third-order valence-electron chi connectivity index (χ3n) is 8.35. The van der Waals surface area contributed by atoms with Gasteiger partial charge in [-0.1, -0.05) is 127 Å². The maximum Gasteiger partial charge on any atom is 0.178 e. The van der Waals surface area contributed by atoms with Crippen molar-refractivity contribution in [2.45, 2.75) is 134 Å². The van der Waals surface area contributed by atoms with Crippen molar-refractivity contribution in [1.82, 2.24) is 0 Å². The fourth-order valence-electron chi connectivity index (χ4n) is 5.56. The number of sulfone groups is 1. The topological polar surface area (TPSA) is 61.8 Å². The smallest absolute Gasteiger partial charge is 0.178 e. The molecule has 1 fully saturated rings. The van der Waals surface area contributed by atoms with Gasteiger partial charge in [-0.05, 0) is 61.1 Å². The molecule has 246 valence electrons. The molecule has 3 rings (SSSR count). The average Bonchev–Trinajstić information content (AvgIpc) is 3.05. The van der Waals surface area contributed by atoms with E-state index >= 15 is 0 Å². The molecule has 6 heteroatoms. The van der Waals surface area contributed by atoms with Gasteiger partial charge in [-0.2, -0.15) is 0 Å². The van der Waals surface area contributed by atoms with Gasteiger partial charge < -0.3 is 14.2 Å². The van der Waals surface area contributed by atoms with E-state index in [1.807, 2.05) is 48.6 Å². The van der Waals surface area contributed by atoms with E-state index in [4.69, 9.17) is 14.2 Å². The van der Waals surface area contributed by atoms with E-state index in [2.05, 4.69) is 6.92 Å². The summed E-state index contributed by atoms with van der Waals surface area (Å²) in [6.07, 6.45) is 25.8. The van der Waals surface area contributed by atoms with Crippen molar-refractivity contribution in [3.8, 4) is 5.75 Å². The van der Waals surface area contributed by atoms with E-state index in [-0.39, 0.29) is 12.0 Å². The minimum atomic E-state index is -3.23. The Morgan fingerprint density at radius 1 is 0.682 bits per heavy atom. The molecule has 0 N–H and O–H groups in total. The van der Waals surface area contributed by atoms with E-state index < -0.39 is 9.84 Å². The van der Waals surface area contributed by atoms with Crippen LogP contribution >= 0.6 is 0 Å². The highest BCUT2D eigenvalue weighted by Crippen LogP contribution is 2.19.